The lowest BCUT2D eigenvalue weighted by atomic mass is 9.99. The first kappa shape index (κ1) is 85.1. The molecule has 0 saturated heterocycles. The third-order valence-corrected chi connectivity index (χ3v) is 18.0. The fourth-order valence-electron chi connectivity index (χ4n) is 10.2. The van der Waals surface area contributed by atoms with Gasteiger partial charge in [0.25, 0.3) is 0 Å². The van der Waals surface area contributed by atoms with Crippen molar-refractivity contribution in [1.82, 2.24) is 0 Å². The van der Waals surface area contributed by atoms with Crippen LogP contribution < -0.4 is 0 Å². The van der Waals surface area contributed by atoms with E-state index in [0.717, 1.165) is 95.8 Å². The molecule has 19 heteroatoms. The van der Waals surface area contributed by atoms with Crippen molar-refractivity contribution < 1.29 is 80.2 Å². The van der Waals surface area contributed by atoms with Crippen LogP contribution in [0.15, 0.2) is 0 Å². The Morgan fingerprint density at radius 1 is 0.333 bits per heavy atom. The molecule has 0 radical (unpaired) electrons. The van der Waals surface area contributed by atoms with Crippen molar-refractivity contribution in [2.24, 2.45) is 11.8 Å². The zero-order valence-corrected chi connectivity index (χ0v) is 58.1. The summed E-state index contributed by atoms with van der Waals surface area (Å²) in [5, 5.41) is 10.6. The standard InChI is InChI=1S/C68H132O17P2/c1-7-10-12-14-16-18-19-20-21-22-23-29-33-40-46-52-67(72)84-63(56-79-66(71)51-45-39-32-28-25-24-27-30-37-43-49-61(6)9-3)58-82-86(74,75)80-54-62(69)55-81-87(76,77)83-59-64(85-68(73)53-47-41-35-34-36-42-48-60(4)5)57-78-65(70)50-44-38-31-26-17-15-13-11-8-2/h60-64,69H,7-59H2,1-6H3,(H,74,75)(H,76,77)/t61?,62-,63-,64-/m1/s1. The molecule has 6 atom stereocenters. The van der Waals surface area contributed by atoms with Gasteiger partial charge in [-0.15, -0.1) is 0 Å². The smallest absolute Gasteiger partial charge is 0.462 e. The molecule has 0 rings (SSSR count). The van der Waals surface area contributed by atoms with Gasteiger partial charge in [-0.05, 0) is 37.5 Å². The van der Waals surface area contributed by atoms with Crippen LogP contribution >= 0.6 is 15.6 Å². The molecule has 516 valence electrons. The number of phosphoric ester groups is 2. The Labute approximate surface area is 530 Å². The average Bonchev–Trinajstić information content (AvgIpc) is 3.69. The van der Waals surface area contributed by atoms with E-state index >= 15 is 0 Å². The van der Waals surface area contributed by atoms with E-state index in [1.54, 1.807) is 0 Å². The van der Waals surface area contributed by atoms with E-state index in [1.165, 1.54) is 161 Å². The van der Waals surface area contributed by atoms with Crippen LogP contribution in [0.4, 0.5) is 0 Å². The van der Waals surface area contributed by atoms with Crippen molar-refractivity contribution >= 4 is 39.5 Å². The number of ether oxygens (including phenoxy) is 4. The minimum absolute atomic E-state index is 0.102. The molecule has 0 aliphatic heterocycles. The summed E-state index contributed by atoms with van der Waals surface area (Å²) in [5.41, 5.74) is 0. The van der Waals surface area contributed by atoms with Crippen molar-refractivity contribution in [1.29, 1.82) is 0 Å². The van der Waals surface area contributed by atoms with E-state index in [-0.39, 0.29) is 25.7 Å². The van der Waals surface area contributed by atoms with Gasteiger partial charge in [0.2, 0.25) is 0 Å². The Hall–Kier alpha value is -1.94. The molecule has 0 aliphatic rings. The highest BCUT2D eigenvalue weighted by molar-refractivity contribution is 7.47. The monoisotopic (exact) mass is 1280 g/mol. The van der Waals surface area contributed by atoms with E-state index in [2.05, 4.69) is 41.5 Å². The molecule has 0 aromatic heterocycles. The third kappa shape index (κ3) is 61.3. The zero-order valence-electron chi connectivity index (χ0n) is 56.3. The molecule has 0 amide bonds. The van der Waals surface area contributed by atoms with Crippen LogP contribution in [0.2, 0.25) is 0 Å². The van der Waals surface area contributed by atoms with Gasteiger partial charge < -0.3 is 33.8 Å². The highest BCUT2D eigenvalue weighted by Gasteiger charge is 2.30. The van der Waals surface area contributed by atoms with Crippen LogP contribution in [0.1, 0.15) is 343 Å². The lowest BCUT2D eigenvalue weighted by Crippen LogP contribution is -2.30. The summed E-state index contributed by atoms with van der Waals surface area (Å²) in [6.45, 7) is 9.46. The second-order valence-corrected chi connectivity index (χ2v) is 28.2. The molecule has 0 heterocycles. The highest BCUT2D eigenvalue weighted by atomic mass is 31.2. The summed E-state index contributed by atoms with van der Waals surface area (Å²) in [4.78, 5) is 72.4. The fraction of sp³-hybridized carbons (Fsp3) is 0.941. The molecule has 0 saturated carbocycles. The predicted molar refractivity (Wildman–Crippen MR) is 349 cm³/mol. The topological polar surface area (TPSA) is 237 Å². The van der Waals surface area contributed by atoms with Crippen LogP contribution in [0.3, 0.4) is 0 Å². The molecule has 3 N–H and O–H groups in total. The predicted octanol–water partition coefficient (Wildman–Crippen LogP) is 19.2. The van der Waals surface area contributed by atoms with Crippen molar-refractivity contribution in [2.45, 2.75) is 362 Å². The lowest BCUT2D eigenvalue weighted by Gasteiger charge is -2.21. The van der Waals surface area contributed by atoms with E-state index in [9.17, 15) is 43.2 Å². The van der Waals surface area contributed by atoms with Gasteiger partial charge >= 0.3 is 39.5 Å². The van der Waals surface area contributed by atoms with Gasteiger partial charge in [-0.1, -0.05) is 292 Å². The molecule has 87 heavy (non-hydrogen) atoms. The van der Waals surface area contributed by atoms with Crippen LogP contribution in [0.25, 0.3) is 0 Å². The summed E-state index contributed by atoms with van der Waals surface area (Å²) in [6, 6.07) is 0. The van der Waals surface area contributed by atoms with Gasteiger partial charge in [0, 0.05) is 25.7 Å². The van der Waals surface area contributed by atoms with Crippen molar-refractivity contribution in [2.75, 3.05) is 39.6 Å². The zero-order chi connectivity index (χ0) is 64.3. The van der Waals surface area contributed by atoms with E-state index in [4.69, 9.17) is 37.0 Å². The third-order valence-electron chi connectivity index (χ3n) is 16.1. The molecule has 0 fully saturated rings. The first-order valence-corrected chi connectivity index (χ1v) is 38.5. The Bertz CT molecular complexity index is 1700. The summed E-state index contributed by atoms with van der Waals surface area (Å²) in [5.74, 6) is -0.652. The maximum absolute atomic E-state index is 13.0. The lowest BCUT2D eigenvalue weighted by molar-refractivity contribution is -0.161. The van der Waals surface area contributed by atoms with Crippen LogP contribution in [-0.4, -0.2) is 96.7 Å². The largest absolute Gasteiger partial charge is 0.472 e. The van der Waals surface area contributed by atoms with Gasteiger partial charge in [0.1, 0.15) is 19.3 Å². The number of unbranched alkanes of at least 4 members (excludes halogenated alkanes) is 36. The Kier molecular flexibility index (Phi) is 59.0. The minimum Gasteiger partial charge on any atom is -0.462 e. The van der Waals surface area contributed by atoms with E-state index < -0.39 is 97.5 Å². The number of carbonyl (C=O) groups is 4. The first-order chi connectivity index (χ1) is 41.9. The maximum Gasteiger partial charge on any atom is 0.472 e. The van der Waals surface area contributed by atoms with Crippen molar-refractivity contribution in [3.05, 3.63) is 0 Å². The van der Waals surface area contributed by atoms with Crippen molar-refractivity contribution in [3.8, 4) is 0 Å². The van der Waals surface area contributed by atoms with Gasteiger partial charge in [-0.3, -0.25) is 37.3 Å². The number of phosphoric acid groups is 2. The van der Waals surface area contributed by atoms with E-state index in [0.29, 0.717) is 31.6 Å². The molecular weight excluding hydrogens is 1150 g/mol. The van der Waals surface area contributed by atoms with Gasteiger partial charge in [-0.2, -0.15) is 0 Å². The highest BCUT2D eigenvalue weighted by Crippen LogP contribution is 2.45. The Morgan fingerprint density at radius 2 is 0.586 bits per heavy atom. The molecule has 0 aliphatic carbocycles. The summed E-state index contributed by atoms with van der Waals surface area (Å²) < 4.78 is 68.1. The fourth-order valence-corrected chi connectivity index (χ4v) is 11.8. The van der Waals surface area contributed by atoms with Crippen LogP contribution in [-0.2, 0) is 65.4 Å². The number of carbonyl (C=O) groups excluding carboxylic acids is 4. The number of hydrogen-bond acceptors (Lipinski definition) is 15. The average molecular weight is 1280 g/mol. The Balaban J connectivity index is 5.23. The summed E-state index contributed by atoms with van der Waals surface area (Å²) >= 11 is 0. The number of aliphatic hydroxyl groups excluding tert-OH is 1. The van der Waals surface area contributed by atoms with Crippen molar-refractivity contribution in [3.63, 3.8) is 0 Å². The SMILES string of the molecule is CCCCCCCCCCCCCCCCCC(=O)O[C@H](COC(=O)CCCCCCCCCCCCC(C)CC)COP(=O)(O)OC[C@@H](O)COP(=O)(O)OC[C@@H](COC(=O)CCCCCCCCCCC)OC(=O)CCCCCCCCC(C)C. The number of hydrogen-bond donors (Lipinski definition) is 3. The van der Waals surface area contributed by atoms with E-state index in [1.807, 2.05) is 0 Å². The summed E-state index contributed by atoms with van der Waals surface area (Å²) in [6.07, 6.45) is 44.5. The Morgan fingerprint density at radius 3 is 0.874 bits per heavy atom. The first-order valence-electron chi connectivity index (χ1n) is 35.5. The van der Waals surface area contributed by atoms with Gasteiger partial charge in [-0.25, -0.2) is 9.13 Å². The number of esters is 4. The van der Waals surface area contributed by atoms with Crippen LogP contribution in [0.5, 0.6) is 0 Å². The quantitative estimate of drug-likeness (QED) is 0.0222. The van der Waals surface area contributed by atoms with Crippen LogP contribution in [0, 0.1) is 11.8 Å². The minimum atomic E-state index is -4.95. The summed E-state index contributed by atoms with van der Waals surface area (Å²) in [7, 11) is -9.89. The molecule has 17 nitrogen and oxygen atoms in total. The molecule has 0 spiro atoms. The number of rotatable bonds is 67. The molecular formula is C68H132O17P2. The van der Waals surface area contributed by atoms with Gasteiger partial charge in [0.05, 0.1) is 26.4 Å². The second kappa shape index (κ2) is 60.3. The number of aliphatic hydroxyl groups is 1. The maximum atomic E-state index is 13.0. The molecule has 3 unspecified atom stereocenters. The molecule has 0 aromatic rings. The van der Waals surface area contributed by atoms with Gasteiger partial charge in [0.15, 0.2) is 12.2 Å². The molecule has 0 aromatic carbocycles. The molecule has 0 bridgehead atoms. The normalized spacial score (nSPS) is 14.5. The second-order valence-electron chi connectivity index (χ2n) is 25.3.